The number of fused-ring (bicyclic) bond motifs is 8. The van der Waals surface area contributed by atoms with Gasteiger partial charge in [-0.1, -0.05) is 131 Å². The molecular weight excluding hydrogens is 870 g/mol. The summed E-state index contributed by atoms with van der Waals surface area (Å²) in [4.78, 5) is 9.98. The van der Waals surface area contributed by atoms with Crippen LogP contribution in [-0.2, 0) is 0 Å². The molecule has 0 saturated carbocycles. The predicted molar refractivity (Wildman–Crippen MR) is 308 cm³/mol. The van der Waals surface area contributed by atoms with E-state index in [1.54, 1.807) is 0 Å². The van der Waals surface area contributed by atoms with Crippen LogP contribution < -0.4 is 52.4 Å². The van der Waals surface area contributed by atoms with Gasteiger partial charge in [-0.2, -0.15) is 0 Å². The molecule has 0 saturated heterocycles. The number of rotatable bonds is 5. The highest BCUT2D eigenvalue weighted by Crippen LogP contribution is 2.47. The summed E-state index contributed by atoms with van der Waals surface area (Å²) in [7, 11) is 0. The molecule has 0 aromatic heterocycles. The maximum absolute atomic E-state index is 2.50. The van der Waals surface area contributed by atoms with Gasteiger partial charge < -0.3 is 19.6 Å². The molecule has 342 valence electrons. The van der Waals surface area contributed by atoms with Gasteiger partial charge >= 0.3 is 0 Å². The third-order valence-electron chi connectivity index (χ3n) is 15.7. The van der Waals surface area contributed by atoms with Crippen molar-refractivity contribution >= 4 is 114 Å². The fourth-order valence-electron chi connectivity index (χ4n) is 12.5. The molecule has 4 nitrogen and oxygen atoms in total. The van der Waals surface area contributed by atoms with Crippen LogP contribution in [0, 0.1) is 41.5 Å². The summed E-state index contributed by atoms with van der Waals surface area (Å²) < 4.78 is 0. The first kappa shape index (κ1) is 42.4. The fraction of sp³-hybridized carbons (Fsp3) is 0.0909. The molecule has 0 aliphatic carbocycles. The lowest BCUT2D eigenvalue weighted by Gasteiger charge is -2.44. The highest BCUT2D eigenvalue weighted by Gasteiger charge is 2.45. The van der Waals surface area contributed by atoms with E-state index in [9.17, 15) is 0 Å². The van der Waals surface area contributed by atoms with Gasteiger partial charge in [0.1, 0.15) is 0 Å². The average Bonchev–Trinajstić information content (AvgIpc) is 3.40. The normalized spacial score (nSPS) is 13.5. The zero-order valence-corrected chi connectivity index (χ0v) is 41.6. The number of para-hydroxylation sites is 2. The van der Waals surface area contributed by atoms with Crippen molar-refractivity contribution in [1.29, 1.82) is 0 Å². The van der Waals surface area contributed by atoms with Crippen LogP contribution in [0.15, 0.2) is 206 Å². The third-order valence-corrected chi connectivity index (χ3v) is 15.7. The van der Waals surface area contributed by atoms with Gasteiger partial charge in [-0.25, -0.2) is 0 Å². The van der Waals surface area contributed by atoms with Gasteiger partial charge in [-0.15, -0.1) is 0 Å². The molecule has 72 heavy (non-hydrogen) atoms. The van der Waals surface area contributed by atoms with Crippen molar-refractivity contribution in [1.82, 2.24) is 0 Å². The Morgan fingerprint density at radius 3 is 0.875 bits per heavy atom. The molecule has 4 heterocycles. The average molecular weight is 923 g/mol. The van der Waals surface area contributed by atoms with Crippen LogP contribution in [0.4, 0.5) is 68.2 Å². The van der Waals surface area contributed by atoms with Crippen LogP contribution in [0.5, 0.6) is 0 Å². The first-order valence-corrected chi connectivity index (χ1v) is 25.4. The van der Waals surface area contributed by atoms with E-state index in [1.165, 1.54) is 134 Å². The van der Waals surface area contributed by atoms with E-state index in [0.29, 0.717) is 0 Å². The van der Waals surface area contributed by atoms with Crippen molar-refractivity contribution in [3.8, 4) is 11.1 Å². The topological polar surface area (TPSA) is 13.0 Å². The monoisotopic (exact) mass is 922 g/mol. The van der Waals surface area contributed by atoms with Crippen LogP contribution >= 0.6 is 0 Å². The van der Waals surface area contributed by atoms with E-state index in [0.717, 1.165) is 11.4 Å². The Hall–Kier alpha value is -8.47. The summed E-state index contributed by atoms with van der Waals surface area (Å²) in [6.07, 6.45) is 0. The highest BCUT2D eigenvalue weighted by molar-refractivity contribution is 7.01. The first-order valence-electron chi connectivity index (χ1n) is 25.4. The lowest BCUT2D eigenvalue weighted by atomic mass is 9.33. The maximum Gasteiger partial charge on any atom is 0.252 e. The lowest BCUT2D eigenvalue weighted by molar-refractivity contribution is 1.23. The SMILES string of the molecule is Cc1ccc(N2c3ccc(C)cc3B3c4ccccc4N(c4ccc(-c5ccc(N6c7ccccc7B7c8cc(C)ccc8N(c8ccc(C)cc8)c8cc(C)cc6c87)cc5)cc4)c4cc(C)cc2c43)cc1. The lowest BCUT2D eigenvalue weighted by Crippen LogP contribution is -2.61. The summed E-state index contributed by atoms with van der Waals surface area (Å²) >= 11 is 0. The minimum Gasteiger partial charge on any atom is -0.311 e. The zero-order chi connectivity index (χ0) is 48.5. The molecule has 4 aliphatic rings. The van der Waals surface area contributed by atoms with Gasteiger partial charge in [0.15, 0.2) is 0 Å². The summed E-state index contributed by atoms with van der Waals surface area (Å²) in [5, 5.41) is 0. The minimum absolute atomic E-state index is 0.104. The summed E-state index contributed by atoms with van der Waals surface area (Å²) in [5.41, 5.74) is 32.5. The van der Waals surface area contributed by atoms with Crippen LogP contribution in [0.1, 0.15) is 33.4 Å². The second-order valence-electron chi connectivity index (χ2n) is 20.6. The van der Waals surface area contributed by atoms with Gasteiger partial charge in [0, 0.05) is 68.2 Å². The van der Waals surface area contributed by atoms with Crippen LogP contribution in [0.25, 0.3) is 11.1 Å². The van der Waals surface area contributed by atoms with Crippen molar-refractivity contribution < 1.29 is 0 Å². The van der Waals surface area contributed by atoms with Crippen molar-refractivity contribution in [2.45, 2.75) is 41.5 Å². The predicted octanol–water partition coefficient (Wildman–Crippen LogP) is 13.4. The highest BCUT2D eigenvalue weighted by atomic mass is 15.2. The Bertz CT molecular complexity index is 3590. The molecule has 0 unspecified atom stereocenters. The molecule has 4 aliphatic heterocycles. The van der Waals surface area contributed by atoms with E-state index >= 15 is 0 Å². The fourth-order valence-corrected chi connectivity index (χ4v) is 12.5. The van der Waals surface area contributed by atoms with Gasteiger partial charge in [0.25, 0.3) is 13.4 Å². The van der Waals surface area contributed by atoms with E-state index in [4.69, 9.17) is 0 Å². The molecule has 0 fully saturated rings. The first-order chi connectivity index (χ1) is 35.2. The third kappa shape index (κ3) is 6.41. The Morgan fingerprint density at radius 1 is 0.236 bits per heavy atom. The molecule has 0 N–H and O–H groups in total. The molecule has 0 atom stereocenters. The Balaban J connectivity index is 0.855. The van der Waals surface area contributed by atoms with Gasteiger partial charge in [0.2, 0.25) is 0 Å². The second-order valence-corrected chi connectivity index (χ2v) is 20.6. The maximum atomic E-state index is 2.50. The van der Waals surface area contributed by atoms with Crippen molar-refractivity contribution in [3.05, 3.63) is 240 Å². The van der Waals surface area contributed by atoms with Crippen LogP contribution in [-0.4, -0.2) is 13.4 Å². The molecule has 10 aromatic carbocycles. The van der Waals surface area contributed by atoms with Gasteiger partial charge in [-0.3, -0.25) is 0 Å². The van der Waals surface area contributed by atoms with Crippen molar-refractivity contribution in [2.24, 2.45) is 0 Å². The number of nitrogens with zero attached hydrogens (tertiary/aromatic N) is 4. The summed E-state index contributed by atoms with van der Waals surface area (Å²) in [5.74, 6) is 0. The molecule has 10 aromatic rings. The molecule has 6 heteroatoms. The Kier molecular flexibility index (Phi) is 9.44. The summed E-state index contributed by atoms with van der Waals surface area (Å²) in [6.45, 7) is 13.4. The smallest absolute Gasteiger partial charge is 0.252 e. The van der Waals surface area contributed by atoms with Crippen molar-refractivity contribution in [3.63, 3.8) is 0 Å². The molecule has 0 radical (unpaired) electrons. The zero-order valence-electron chi connectivity index (χ0n) is 41.6. The molecule has 0 spiro atoms. The van der Waals surface area contributed by atoms with E-state index in [2.05, 4.69) is 267 Å². The number of hydrogen-bond acceptors (Lipinski definition) is 4. The molecule has 0 amide bonds. The Labute approximate surface area is 424 Å². The van der Waals surface area contributed by atoms with E-state index in [1.807, 2.05) is 0 Å². The summed E-state index contributed by atoms with van der Waals surface area (Å²) in [6, 6.07) is 78.1. The van der Waals surface area contributed by atoms with Crippen molar-refractivity contribution in [2.75, 3.05) is 19.6 Å². The van der Waals surface area contributed by atoms with E-state index in [-0.39, 0.29) is 13.4 Å². The molecule has 0 bridgehead atoms. The van der Waals surface area contributed by atoms with Gasteiger partial charge in [0.05, 0.1) is 0 Å². The number of anilines is 12. The quantitative estimate of drug-likeness (QED) is 0.159. The van der Waals surface area contributed by atoms with Gasteiger partial charge in [-0.05, 0) is 194 Å². The number of hydrogen-bond donors (Lipinski definition) is 0. The standard InChI is InChI=1S/C66H52B2N4/c1-41-15-25-49(26-16-41)71-59-33-19-43(3)35-55(59)67-53-11-7-9-13-57(53)69(61-37-45(5)39-63(71)65(61)67)51-29-21-47(22-30-51)48-23-31-52(32-24-48)70-58-14-10-8-12-54(58)68-56-36-44(4)20-34-60(56)72(50-27-17-42(2)18-28-50)64-40-46(6)38-62(70)66(64)68/h7-40H,1-6H3. The largest absolute Gasteiger partial charge is 0.311 e. The Morgan fingerprint density at radius 2 is 0.528 bits per heavy atom. The van der Waals surface area contributed by atoms with Crippen LogP contribution in [0.3, 0.4) is 0 Å². The van der Waals surface area contributed by atoms with E-state index < -0.39 is 0 Å². The number of aryl methyl sites for hydroxylation is 6. The molecule has 14 rings (SSSR count). The number of benzene rings is 10. The second kappa shape index (κ2) is 16.0. The minimum atomic E-state index is 0.104. The molecular formula is C66H52B2N4. The van der Waals surface area contributed by atoms with Crippen LogP contribution in [0.2, 0.25) is 0 Å².